The van der Waals surface area contributed by atoms with Gasteiger partial charge in [0.1, 0.15) is 0 Å². The van der Waals surface area contributed by atoms with E-state index in [1.165, 1.54) is 0 Å². The van der Waals surface area contributed by atoms with Crippen molar-refractivity contribution in [1.29, 1.82) is 0 Å². The zero-order valence-corrected chi connectivity index (χ0v) is 10.6. The van der Waals surface area contributed by atoms with Crippen molar-refractivity contribution in [3.05, 3.63) is 0 Å². The molecule has 0 aliphatic carbocycles. The van der Waals surface area contributed by atoms with Crippen LogP contribution in [0.2, 0.25) is 0 Å². The fourth-order valence-electron chi connectivity index (χ4n) is 1.11. The van der Waals surface area contributed by atoms with E-state index < -0.39 is 0 Å². The molecule has 0 aliphatic heterocycles. The fourth-order valence-corrected chi connectivity index (χ4v) is 1.11. The molecule has 0 saturated carbocycles. The van der Waals surface area contributed by atoms with E-state index >= 15 is 0 Å². The molecule has 0 spiro atoms. The molecular formula is C11H25NO5. The van der Waals surface area contributed by atoms with Gasteiger partial charge in [-0.2, -0.15) is 0 Å². The van der Waals surface area contributed by atoms with Gasteiger partial charge in [-0.3, -0.25) is 0 Å². The first-order valence-electron chi connectivity index (χ1n) is 5.94. The Morgan fingerprint density at radius 3 is 1.59 bits per heavy atom. The fraction of sp³-hybridized carbons (Fsp3) is 1.00. The van der Waals surface area contributed by atoms with Crippen molar-refractivity contribution in [3.63, 3.8) is 0 Å². The van der Waals surface area contributed by atoms with Gasteiger partial charge in [0.05, 0.1) is 52.9 Å². The topological polar surface area (TPSA) is 71.4 Å². The van der Waals surface area contributed by atoms with E-state index in [9.17, 15) is 0 Å². The van der Waals surface area contributed by atoms with Gasteiger partial charge in [-0.15, -0.1) is 0 Å². The Bertz CT molecular complexity index is 148. The molecule has 6 nitrogen and oxygen atoms in total. The lowest BCUT2D eigenvalue weighted by Crippen LogP contribution is -2.27. The molecule has 0 unspecified atom stereocenters. The Hall–Kier alpha value is -0.240. The van der Waals surface area contributed by atoms with Gasteiger partial charge < -0.3 is 29.3 Å². The number of aliphatic hydroxyl groups is 2. The highest BCUT2D eigenvalue weighted by Crippen LogP contribution is 1.85. The minimum absolute atomic E-state index is 0.0522. The lowest BCUT2D eigenvalue weighted by Gasteiger charge is -2.16. The quantitative estimate of drug-likeness (QED) is 0.407. The van der Waals surface area contributed by atoms with E-state index in [1.807, 2.05) is 7.05 Å². The highest BCUT2D eigenvalue weighted by Gasteiger charge is 1.98. The first-order valence-corrected chi connectivity index (χ1v) is 5.94. The maximum absolute atomic E-state index is 8.51. The van der Waals surface area contributed by atoms with Gasteiger partial charge in [-0.1, -0.05) is 0 Å². The Morgan fingerprint density at radius 1 is 0.706 bits per heavy atom. The number of likely N-dealkylation sites (N-methyl/N-ethyl adjacent to an activating group) is 1. The minimum atomic E-state index is 0.0522. The van der Waals surface area contributed by atoms with Gasteiger partial charge in [-0.05, 0) is 7.05 Å². The number of rotatable bonds is 13. The summed E-state index contributed by atoms with van der Waals surface area (Å²) in [6, 6.07) is 0. The van der Waals surface area contributed by atoms with Crippen molar-refractivity contribution in [2.75, 3.05) is 73.0 Å². The predicted octanol–water partition coefficient (Wildman–Crippen LogP) is -1.05. The standard InChI is InChI=1S/C11H25NO5/c1-12(2-6-15-8-4-13)3-7-16-10-11-17-9-5-14/h13-14H,2-11H2,1H3. The third kappa shape index (κ3) is 13.7. The second-order valence-electron chi connectivity index (χ2n) is 3.59. The molecule has 0 amide bonds. The summed E-state index contributed by atoms with van der Waals surface area (Å²) >= 11 is 0. The largest absolute Gasteiger partial charge is 0.394 e. The molecular weight excluding hydrogens is 226 g/mol. The molecule has 0 aliphatic rings. The summed E-state index contributed by atoms with van der Waals surface area (Å²) < 4.78 is 15.5. The first kappa shape index (κ1) is 16.8. The molecule has 17 heavy (non-hydrogen) atoms. The van der Waals surface area contributed by atoms with Crippen molar-refractivity contribution in [2.45, 2.75) is 0 Å². The number of nitrogens with zero attached hydrogens (tertiary/aromatic N) is 1. The predicted molar refractivity (Wildman–Crippen MR) is 64.1 cm³/mol. The SMILES string of the molecule is CN(CCOCCO)CCOCCOCCO. The molecule has 0 aromatic heterocycles. The average Bonchev–Trinajstić information content (AvgIpc) is 2.33. The summed E-state index contributed by atoms with van der Waals surface area (Å²) in [7, 11) is 1.99. The second kappa shape index (κ2) is 13.8. The molecule has 2 N–H and O–H groups in total. The van der Waals surface area contributed by atoms with Crippen molar-refractivity contribution >= 4 is 0 Å². The second-order valence-corrected chi connectivity index (χ2v) is 3.59. The van der Waals surface area contributed by atoms with Gasteiger partial charge >= 0.3 is 0 Å². The summed E-state index contributed by atoms with van der Waals surface area (Å²) in [4.78, 5) is 2.10. The van der Waals surface area contributed by atoms with Gasteiger partial charge in [0.15, 0.2) is 0 Å². The van der Waals surface area contributed by atoms with Crippen LogP contribution < -0.4 is 0 Å². The minimum Gasteiger partial charge on any atom is -0.394 e. The van der Waals surface area contributed by atoms with Gasteiger partial charge in [0.25, 0.3) is 0 Å². The molecule has 0 aromatic carbocycles. The smallest absolute Gasteiger partial charge is 0.0701 e. The highest BCUT2D eigenvalue weighted by atomic mass is 16.5. The van der Waals surface area contributed by atoms with Crippen LogP contribution in [0.25, 0.3) is 0 Å². The summed E-state index contributed by atoms with van der Waals surface area (Å²) in [6.45, 7) is 4.89. The van der Waals surface area contributed by atoms with Crippen molar-refractivity contribution in [3.8, 4) is 0 Å². The highest BCUT2D eigenvalue weighted by molar-refractivity contribution is 4.49. The molecule has 0 rings (SSSR count). The van der Waals surface area contributed by atoms with Crippen LogP contribution in [0.5, 0.6) is 0 Å². The summed E-state index contributed by atoms with van der Waals surface area (Å²) in [5.41, 5.74) is 0. The molecule has 0 fully saturated rings. The number of ether oxygens (including phenoxy) is 3. The Morgan fingerprint density at radius 2 is 1.12 bits per heavy atom. The molecule has 0 bridgehead atoms. The summed E-state index contributed by atoms with van der Waals surface area (Å²) in [6.07, 6.45) is 0. The number of hydrogen-bond donors (Lipinski definition) is 2. The Labute approximate surface area is 103 Å². The van der Waals surface area contributed by atoms with Crippen molar-refractivity contribution in [1.82, 2.24) is 4.90 Å². The number of hydrogen-bond acceptors (Lipinski definition) is 6. The van der Waals surface area contributed by atoms with Crippen LogP contribution in [0.3, 0.4) is 0 Å². The molecule has 0 heterocycles. The maximum atomic E-state index is 8.51. The molecule has 6 heteroatoms. The van der Waals surface area contributed by atoms with Crippen LogP contribution in [-0.2, 0) is 14.2 Å². The summed E-state index contributed by atoms with van der Waals surface area (Å²) in [5.74, 6) is 0. The van der Waals surface area contributed by atoms with Crippen molar-refractivity contribution in [2.24, 2.45) is 0 Å². The van der Waals surface area contributed by atoms with Crippen LogP contribution in [0.4, 0.5) is 0 Å². The van der Waals surface area contributed by atoms with E-state index in [-0.39, 0.29) is 13.2 Å². The van der Waals surface area contributed by atoms with Gasteiger partial charge in [0, 0.05) is 13.1 Å². The normalized spacial score (nSPS) is 11.3. The van der Waals surface area contributed by atoms with Crippen LogP contribution in [-0.4, -0.2) is 88.1 Å². The average molecular weight is 251 g/mol. The Balaban J connectivity index is 3.08. The molecule has 0 radical (unpaired) electrons. The molecule has 0 aromatic rings. The zero-order chi connectivity index (χ0) is 12.8. The van der Waals surface area contributed by atoms with E-state index in [1.54, 1.807) is 0 Å². The van der Waals surface area contributed by atoms with Crippen LogP contribution in [0.15, 0.2) is 0 Å². The third-order valence-electron chi connectivity index (χ3n) is 2.08. The third-order valence-corrected chi connectivity index (χ3v) is 2.08. The first-order chi connectivity index (χ1) is 8.31. The lowest BCUT2D eigenvalue weighted by atomic mass is 10.5. The summed E-state index contributed by atoms with van der Waals surface area (Å²) in [5, 5.41) is 17.0. The van der Waals surface area contributed by atoms with E-state index in [0.29, 0.717) is 39.6 Å². The van der Waals surface area contributed by atoms with E-state index in [4.69, 9.17) is 24.4 Å². The van der Waals surface area contributed by atoms with Gasteiger partial charge in [0.2, 0.25) is 0 Å². The zero-order valence-electron chi connectivity index (χ0n) is 10.6. The maximum Gasteiger partial charge on any atom is 0.0701 e. The van der Waals surface area contributed by atoms with Crippen LogP contribution >= 0.6 is 0 Å². The molecule has 0 atom stereocenters. The number of aliphatic hydroxyl groups excluding tert-OH is 2. The van der Waals surface area contributed by atoms with Crippen LogP contribution in [0, 0.1) is 0 Å². The molecule has 104 valence electrons. The van der Waals surface area contributed by atoms with E-state index in [2.05, 4.69) is 4.90 Å². The molecule has 0 saturated heterocycles. The lowest BCUT2D eigenvalue weighted by molar-refractivity contribution is 0.0248. The van der Waals surface area contributed by atoms with Crippen molar-refractivity contribution < 1.29 is 24.4 Å². The Kier molecular flexibility index (Phi) is 13.6. The van der Waals surface area contributed by atoms with Gasteiger partial charge in [-0.25, -0.2) is 0 Å². The van der Waals surface area contributed by atoms with Crippen LogP contribution in [0.1, 0.15) is 0 Å². The monoisotopic (exact) mass is 251 g/mol. The van der Waals surface area contributed by atoms with E-state index in [0.717, 1.165) is 13.1 Å².